The Balaban J connectivity index is 0.00000176. The topological polar surface area (TPSA) is 40.5 Å². The molecule has 0 spiro atoms. The SMILES string of the molecule is Cl.O=C(O)C1Cc2ccccc2CN1Cc1cccc(Cl)c1. The summed E-state index contributed by atoms with van der Waals surface area (Å²) in [6.07, 6.45) is 0.548. The van der Waals surface area contributed by atoms with E-state index in [-0.39, 0.29) is 12.4 Å². The Hall–Kier alpha value is -1.55. The van der Waals surface area contributed by atoms with E-state index in [2.05, 4.69) is 6.07 Å². The number of aliphatic carboxylic acids is 1. The minimum Gasteiger partial charge on any atom is -0.480 e. The summed E-state index contributed by atoms with van der Waals surface area (Å²) in [5.74, 6) is -0.772. The summed E-state index contributed by atoms with van der Waals surface area (Å²) in [4.78, 5) is 13.6. The van der Waals surface area contributed by atoms with Crippen LogP contribution in [0.1, 0.15) is 16.7 Å². The molecule has 0 fully saturated rings. The Morgan fingerprint density at radius 1 is 1.18 bits per heavy atom. The summed E-state index contributed by atoms with van der Waals surface area (Å²) in [6.45, 7) is 1.24. The molecule has 1 atom stereocenters. The molecule has 1 unspecified atom stereocenters. The van der Waals surface area contributed by atoms with Gasteiger partial charge in [-0.2, -0.15) is 0 Å². The third kappa shape index (κ3) is 3.61. The smallest absolute Gasteiger partial charge is 0.321 e. The number of nitrogens with zero attached hydrogens (tertiary/aromatic N) is 1. The molecule has 0 saturated carbocycles. The van der Waals surface area contributed by atoms with Crippen LogP contribution >= 0.6 is 24.0 Å². The number of carboxylic acid groups (broad SMARTS) is 1. The van der Waals surface area contributed by atoms with Gasteiger partial charge in [0.2, 0.25) is 0 Å². The van der Waals surface area contributed by atoms with E-state index >= 15 is 0 Å². The first kappa shape index (κ1) is 16.8. The van der Waals surface area contributed by atoms with E-state index in [1.807, 2.05) is 47.4 Å². The lowest BCUT2D eigenvalue weighted by Crippen LogP contribution is -2.44. The average Bonchev–Trinajstić information content (AvgIpc) is 2.46. The number of hydrogen-bond donors (Lipinski definition) is 1. The van der Waals surface area contributed by atoms with Gasteiger partial charge in [0.1, 0.15) is 6.04 Å². The Morgan fingerprint density at radius 3 is 2.59 bits per heavy atom. The molecule has 116 valence electrons. The van der Waals surface area contributed by atoms with E-state index in [1.54, 1.807) is 0 Å². The number of carbonyl (C=O) groups is 1. The van der Waals surface area contributed by atoms with Crippen molar-refractivity contribution in [3.63, 3.8) is 0 Å². The predicted molar refractivity (Wildman–Crippen MR) is 89.5 cm³/mol. The summed E-state index contributed by atoms with van der Waals surface area (Å²) >= 11 is 6.01. The van der Waals surface area contributed by atoms with E-state index in [9.17, 15) is 9.90 Å². The molecule has 1 heterocycles. The van der Waals surface area contributed by atoms with E-state index in [1.165, 1.54) is 5.56 Å². The van der Waals surface area contributed by atoms with Crippen molar-refractivity contribution in [2.24, 2.45) is 0 Å². The second-order valence-corrected chi connectivity index (χ2v) is 5.80. The van der Waals surface area contributed by atoms with Gasteiger partial charge in [-0.3, -0.25) is 9.69 Å². The summed E-state index contributed by atoms with van der Waals surface area (Å²) in [7, 11) is 0. The van der Waals surface area contributed by atoms with Crippen molar-refractivity contribution >= 4 is 30.0 Å². The van der Waals surface area contributed by atoms with Crippen molar-refractivity contribution in [1.82, 2.24) is 4.90 Å². The van der Waals surface area contributed by atoms with Crippen molar-refractivity contribution in [3.05, 3.63) is 70.2 Å². The number of hydrogen-bond acceptors (Lipinski definition) is 2. The number of fused-ring (bicyclic) bond motifs is 1. The molecule has 0 radical (unpaired) electrons. The van der Waals surface area contributed by atoms with Gasteiger partial charge in [-0.05, 0) is 35.2 Å². The highest BCUT2D eigenvalue weighted by atomic mass is 35.5. The van der Waals surface area contributed by atoms with Gasteiger partial charge >= 0.3 is 5.97 Å². The summed E-state index contributed by atoms with van der Waals surface area (Å²) in [6, 6.07) is 15.1. The fourth-order valence-corrected chi connectivity index (χ4v) is 3.07. The minimum absolute atomic E-state index is 0. The molecule has 5 heteroatoms. The lowest BCUT2D eigenvalue weighted by atomic mass is 9.93. The van der Waals surface area contributed by atoms with Crippen molar-refractivity contribution in [2.45, 2.75) is 25.6 Å². The van der Waals surface area contributed by atoms with Gasteiger partial charge in [-0.1, -0.05) is 48.0 Å². The molecule has 3 nitrogen and oxygen atoms in total. The molecular weight excluding hydrogens is 321 g/mol. The molecular formula is C17H17Cl2NO2. The van der Waals surface area contributed by atoms with Crippen LogP contribution in [0.2, 0.25) is 5.02 Å². The minimum atomic E-state index is -0.772. The second-order valence-electron chi connectivity index (χ2n) is 5.36. The first-order valence-electron chi connectivity index (χ1n) is 6.91. The monoisotopic (exact) mass is 337 g/mol. The molecule has 2 aromatic rings. The molecule has 0 bridgehead atoms. The van der Waals surface area contributed by atoms with Gasteiger partial charge in [0.25, 0.3) is 0 Å². The highest BCUT2D eigenvalue weighted by Gasteiger charge is 2.31. The van der Waals surface area contributed by atoms with Gasteiger partial charge in [0.05, 0.1) is 0 Å². The number of halogens is 2. The predicted octanol–water partition coefficient (Wildman–Crippen LogP) is 3.77. The standard InChI is InChI=1S/C17H16ClNO2.ClH/c18-15-7-3-4-12(8-15)10-19-11-14-6-2-1-5-13(14)9-16(19)17(20)21;/h1-8,16H,9-11H2,(H,20,21);1H. The molecule has 0 aromatic heterocycles. The van der Waals surface area contributed by atoms with Crippen LogP contribution in [-0.2, 0) is 24.3 Å². The van der Waals surface area contributed by atoms with Gasteiger partial charge in [-0.25, -0.2) is 0 Å². The van der Waals surface area contributed by atoms with E-state index in [0.29, 0.717) is 24.5 Å². The molecule has 3 rings (SSSR count). The molecule has 0 saturated heterocycles. The molecule has 0 amide bonds. The van der Waals surface area contributed by atoms with E-state index in [0.717, 1.165) is 11.1 Å². The highest BCUT2D eigenvalue weighted by Crippen LogP contribution is 2.25. The van der Waals surface area contributed by atoms with Crippen molar-refractivity contribution in [3.8, 4) is 0 Å². The quantitative estimate of drug-likeness (QED) is 0.926. The van der Waals surface area contributed by atoms with Crippen molar-refractivity contribution in [1.29, 1.82) is 0 Å². The molecule has 1 aliphatic rings. The maximum absolute atomic E-state index is 11.6. The molecule has 2 aromatic carbocycles. The van der Waals surface area contributed by atoms with Crippen LogP contribution in [0, 0.1) is 0 Å². The number of carboxylic acids is 1. The molecule has 1 N–H and O–H groups in total. The third-order valence-corrected chi connectivity index (χ3v) is 4.14. The van der Waals surface area contributed by atoms with Crippen molar-refractivity contribution < 1.29 is 9.90 Å². The highest BCUT2D eigenvalue weighted by molar-refractivity contribution is 6.30. The van der Waals surface area contributed by atoms with Gasteiger partial charge in [0, 0.05) is 18.1 Å². The molecule has 1 aliphatic heterocycles. The second kappa shape index (κ2) is 7.14. The zero-order valence-corrected chi connectivity index (χ0v) is 13.5. The van der Waals surface area contributed by atoms with Gasteiger partial charge in [0.15, 0.2) is 0 Å². The van der Waals surface area contributed by atoms with Crippen LogP contribution in [0.5, 0.6) is 0 Å². The van der Waals surface area contributed by atoms with Gasteiger partial charge < -0.3 is 5.11 Å². The third-order valence-electron chi connectivity index (χ3n) is 3.91. The zero-order valence-electron chi connectivity index (χ0n) is 11.9. The number of benzene rings is 2. The van der Waals surface area contributed by atoms with Crippen LogP contribution in [0.25, 0.3) is 0 Å². The van der Waals surface area contributed by atoms with Crippen LogP contribution < -0.4 is 0 Å². The Bertz CT molecular complexity index is 675. The Labute approximate surface area is 140 Å². The first-order valence-corrected chi connectivity index (χ1v) is 7.29. The fourth-order valence-electron chi connectivity index (χ4n) is 2.86. The van der Waals surface area contributed by atoms with Crippen LogP contribution in [-0.4, -0.2) is 22.0 Å². The van der Waals surface area contributed by atoms with Crippen molar-refractivity contribution in [2.75, 3.05) is 0 Å². The maximum atomic E-state index is 11.6. The number of rotatable bonds is 3. The van der Waals surface area contributed by atoms with Crippen LogP contribution in [0.4, 0.5) is 0 Å². The lowest BCUT2D eigenvalue weighted by molar-refractivity contribution is -0.144. The van der Waals surface area contributed by atoms with Gasteiger partial charge in [-0.15, -0.1) is 12.4 Å². The summed E-state index contributed by atoms with van der Waals surface area (Å²) in [5, 5.41) is 10.2. The van der Waals surface area contributed by atoms with E-state index < -0.39 is 12.0 Å². The Kier molecular flexibility index (Phi) is 5.46. The van der Waals surface area contributed by atoms with Crippen LogP contribution in [0.3, 0.4) is 0 Å². The fraction of sp³-hybridized carbons (Fsp3) is 0.235. The maximum Gasteiger partial charge on any atom is 0.321 e. The molecule has 22 heavy (non-hydrogen) atoms. The average molecular weight is 338 g/mol. The normalized spacial score (nSPS) is 17.4. The van der Waals surface area contributed by atoms with Crippen LogP contribution in [0.15, 0.2) is 48.5 Å². The lowest BCUT2D eigenvalue weighted by Gasteiger charge is -2.34. The summed E-state index contributed by atoms with van der Waals surface area (Å²) in [5.41, 5.74) is 3.37. The largest absolute Gasteiger partial charge is 0.480 e. The molecule has 0 aliphatic carbocycles. The zero-order chi connectivity index (χ0) is 14.8. The summed E-state index contributed by atoms with van der Waals surface area (Å²) < 4.78 is 0. The van der Waals surface area contributed by atoms with E-state index in [4.69, 9.17) is 11.6 Å². The Morgan fingerprint density at radius 2 is 1.91 bits per heavy atom. The first-order chi connectivity index (χ1) is 10.1.